The van der Waals surface area contributed by atoms with Gasteiger partial charge in [0.25, 0.3) is 0 Å². The maximum absolute atomic E-state index is 13.8. The third kappa shape index (κ3) is 6.96. The zero-order chi connectivity index (χ0) is 29.2. The molecule has 0 radical (unpaired) electrons. The van der Waals surface area contributed by atoms with Crippen LogP contribution in [0, 0.1) is 13.8 Å². The number of fused-ring (bicyclic) bond motifs is 2. The largest absolute Gasteiger partial charge is 0.444 e. The monoisotopic (exact) mass is 674 g/mol. The third-order valence-electron chi connectivity index (χ3n) is 6.38. The van der Waals surface area contributed by atoms with Crippen LogP contribution >= 0.6 is 31.9 Å². The fourth-order valence-electron chi connectivity index (χ4n) is 4.58. The summed E-state index contributed by atoms with van der Waals surface area (Å²) in [6, 6.07) is 9.98. The van der Waals surface area contributed by atoms with Crippen LogP contribution in [0.1, 0.15) is 43.0 Å². The molecule has 212 valence electrons. The molecule has 2 heterocycles. The van der Waals surface area contributed by atoms with E-state index in [-0.39, 0.29) is 11.2 Å². The molecule has 10 heteroatoms. The zero-order valence-corrected chi connectivity index (χ0v) is 26.2. The van der Waals surface area contributed by atoms with E-state index in [1.807, 2.05) is 43.5 Å². The number of carbonyl (C=O) groups excluding carboxylic acids is 2. The number of alkyl carbamates (subject to hydrolysis) is 1. The number of halogens is 2. The van der Waals surface area contributed by atoms with Crippen molar-refractivity contribution >= 4 is 65.8 Å². The minimum absolute atomic E-state index is 0.0553. The molecule has 0 saturated carbocycles. The first-order valence-corrected chi connectivity index (χ1v) is 14.9. The molecule has 8 nitrogen and oxygen atoms in total. The van der Waals surface area contributed by atoms with Crippen molar-refractivity contribution in [3.8, 4) is 5.75 Å². The summed E-state index contributed by atoms with van der Waals surface area (Å²) in [7, 11) is 0. The summed E-state index contributed by atoms with van der Waals surface area (Å²) in [5.74, 6) is -0.369. The number of para-hydroxylation sites is 1. The Morgan fingerprint density at radius 2 is 1.80 bits per heavy atom. The molecular weight excluding hydrogens is 644 g/mol. The van der Waals surface area contributed by atoms with Gasteiger partial charge in [-0.15, -0.1) is 0 Å². The smallest absolute Gasteiger partial charge is 0.408 e. The second-order valence-electron chi connectivity index (χ2n) is 10.8. The van der Waals surface area contributed by atoms with E-state index in [2.05, 4.69) is 42.2 Å². The Labute approximate surface area is 249 Å². The second-order valence-corrected chi connectivity index (χ2v) is 12.7. The Hall–Kier alpha value is -3.11. The number of ether oxygens (including phenoxy) is 2. The number of nitrogens with one attached hydrogen (secondary N) is 2. The first-order chi connectivity index (χ1) is 18.9. The zero-order valence-electron chi connectivity index (χ0n) is 23.0. The molecule has 0 unspecified atom stereocenters. The van der Waals surface area contributed by atoms with Crippen LogP contribution < -0.4 is 15.7 Å². The first kappa shape index (κ1) is 29.9. The number of hydrogen-bond acceptors (Lipinski definition) is 6. The van der Waals surface area contributed by atoms with Gasteiger partial charge in [-0.2, -0.15) is 0 Å². The average Bonchev–Trinajstić information content (AvgIpc) is 3.28. The number of rotatable bonds is 8. The van der Waals surface area contributed by atoms with Gasteiger partial charge >= 0.3 is 17.7 Å². The molecule has 2 atom stereocenters. The highest BCUT2D eigenvalue weighted by Gasteiger charge is 2.29. The van der Waals surface area contributed by atoms with E-state index in [0.717, 1.165) is 33.0 Å². The average molecular weight is 676 g/mol. The topological polar surface area (TPSA) is 111 Å². The summed E-state index contributed by atoms with van der Waals surface area (Å²) >= 11 is 7.14. The van der Waals surface area contributed by atoms with Crippen molar-refractivity contribution in [3.63, 3.8) is 0 Å². The van der Waals surface area contributed by atoms with Gasteiger partial charge in [0.15, 0.2) is 0 Å². The van der Waals surface area contributed by atoms with Crippen molar-refractivity contribution in [2.75, 3.05) is 5.33 Å². The molecule has 0 aliphatic rings. The maximum atomic E-state index is 13.8. The van der Waals surface area contributed by atoms with E-state index < -0.39 is 29.3 Å². The third-order valence-corrected chi connectivity index (χ3v) is 8.68. The highest BCUT2D eigenvalue weighted by Crippen LogP contribution is 2.35. The molecule has 0 spiro atoms. The fourth-order valence-corrected chi connectivity index (χ4v) is 5.16. The number of H-pyrrole nitrogens is 1. The maximum Gasteiger partial charge on any atom is 0.408 e. The lowest BCUT2D eigenvalue weighted by molar-refractivity contribution is -0.136. The number of amides is 1. The van der Waals surface area contributed by atoms with Crippen LogP contribution in [0.15, 0.2) is 51.8 Å². The Morgan fingerprint density at radius 3 is 2.50 bits per heavy atom. The van der Waals surface area contributed by atoms with Crippen molar-refractivity contribution < 1.29 is 23.5 Å². The van der Waals surface area contributed by atoms with Gasteiger partial charge in [0, 0.05) is 50.7 Å². The standard InChI is InChI=1S/C30H32Br2N2O6/c1-16-10-25(35)38-27-17(2)26(18(12-22(16)27)11-20(32)14-31)39-28(36)24(34-29(37)40-30(3,4)5)13-19-15-33-23-9-7-6-8-21(19)23/h6-10,12,15,20,24,33H,11,13-14H2,1-5H3,(H,34,37)/t20-,24-/m1/s1. The highest BCUT2D eigenvalue weighted by atomic mass is 79.9. The van der Waals surface area contributed by atoms with Gasteiger partial charge in [-0.3, -0.25) is 0 Å². The van der Waals surface area contributed by atoms with Crippen molar-refractivity contribution in [2.24, 2.45) is 0 Å². The molecule has 0 aliphatic carbocycles. The van der Waals surface area contributed by atoms with Gasteiger partial charge < -0.3 is 24.2 Å². The quantitative estimate of drug-likeness (QED) is 0.0939. The van der Waals surface area contributed by atoms with E-state index in [9.17, 15) is 14.4 Å². The molecule has 2 aromatic heterocycles. The molecular formula is C30H32Br2N2O6. The number of aromatic nitrogens is 1. The lowest BCUT2D eigenvalue weighted by atomic mass is 9.99. The number of alkyl halides is 2. The van der Waals surface area contributed by atoms with Crippen molar-refractivity contribution in [2.45, 2.75) is 63.9 Å². The van der Waals surface area contributed by atoms with Gasteiger partial charge in [-0.1, -0.05) is 50.1 Å². The molecule has 1 amide bonds. The molecule has 0 aliphatic heterocycles. The molecule has 2 N–H and O–H groups in total. The summed E-state index contributed by atoms with van der Waals surface area (Å²) in [4.78, 5) is 42.0. The lowest BCUT2D eigenvalue weighted by Gasteiger charge is -2.24. The molecule has 4 aromatic rings. The van der Waals surface area contributed by atoms with Gasteiger partial charge in [0.2, 0.25) is 0 Å². The number of esters is 1. The summed E-state index contributed by atoms with van der Waals surface area (Å²) in [5.41, 5.74) is 2.93. The van der Waals surface area contributed by atoms with Crippen LogP contribution in [0.3, 0.4) is 0 Å². The van der Waals surface area contributed by atoms with Crippen molar-refractivity contribution in [1.29, 1.82) is 0 Å². The predicted molar refractivity (Wildman–Crippen MR) is 163 cm³/mol. The summed E-state index contributed by atoms with van der Waals surface area (Å²) in [6.45, 7) is 8.85. The van der Waals surface area contributed by atoms with E-state index in [1.54, 1.807) is 27.7 Å². The molecule has 40 heavy (non-hydrogen) atoms. The number of benzene rings is 2. The predicted octanol–water partition coefficient (Wildman–Crippen LogP) is 6.63. The van der Waals surface area contributed by atoms with Gasteiger partial charge in [0.1, 0.15) is 23.0 Å². The van der Waals surface area contributed by atoms with Crippen LogP contribution in [0.2, 0.25) is 0 Å². The van der Waals surface area contributed by atoms with E-state index in [0.29, 0.717) is 28.6 Å². The van der Waals surface area contributed by atoms with Crippen LogP contribution in [0.4, 0.5) is 4.79 Å². The lowest BCUT2D eigenvalue weighted by Crippen LogP contribution is -2.46. The van der Waals surface area contributed by atoms with Gasteiger partial charge in [-0.05, 0) is 69.9 Å². The highest BCUT2D eigenvalue weighted by molar-refractivity contribution is 9.12. The van der Waals surface area contributed by atoms with E-state index in [1.165, 1.54) is 6.07 Å². The Morgan fingerprint density at radius 1 is 1.07 bits per heavy atom. The Balaban J connectivity index is 1.75. The SMILES string of the molecule is Cc1cc(=O)oc2c(C)c(OC(=O)[C@@H](Cc3c[nH]c4ccccc34)NC(=O)OC(C)(C)C)c(C[C@@H](Br)CBr)cc12. The normalized spacial score (nSPS) is 13.3. The van der Waals surface area contributed by atoms with Crippen molar-refractivity contribution in [1.82, 2.24) is 10.3 Å². The molecule has 0 fully saturated rings. The van der Waals surface area contributed by atoms with Gasteiger partial charge in [-0.25, -0.2) is 14.4 Å². The second kappa shape index (κ2) is 12.2. The van der Waals surface area contributed by atoms with E-state index >= 15 is 0 Å². The molecule has 2 aromatic carbocycles. The first-order valence-electron chi connectivity index (χ1n) is 12.9. The summed E-state index contributed by atoms with van der Waals surface area (Å²) < 4.78 is 17.0. The Kier molecular flexibility index (Phi) is 9.09. The van der Waals surface area contributed by atoms with Crippen LogP contribution in [-0.2, 0) is 22.4 Å². The Bertz CT molecular complexity index is 1620. The molecule has 0 saturated heterocycles. The minimum atomic E-state index is -1.06. The number of aryl methyl sites for hydroxylation is 2. The summed E-state index contributed by atoms with van der Waals surface area (Å²) in [5, 5.41) is 5.08. The minimum Gasteiger partial charge on any atom is -0.444 e. The van der Waals surface area contributed by atoms with Crippen LogP contribution in [0.5, 0.6) is 5.75 Å². The molecule has 4 rings (SSSR count). The van der Waals surface area contributed by atoms with Crippen molar-refractivity contribution in [3.05, 3.63) is 75.3 Å². The fraction of sp³-hybridized carbons (Fsp3) is 0.367. The van der Waals surface area contributed by atoms with Crippen LogP contribution in [0.25, 0.3) is 21.9 Å². The molecule has 0 bridgehead atoms. The number of aromatic amines is 1. The van der Waals surface area contributed by atoms with Gasteiger partial charge in [0.05, 0.1) is 0 Å². The summed E-state index contributed by atoms with van der Waals surface area (Å²) in [6.07, 6.45) is 1.79. The number of hydrogen-bond donors (Lipinski definition) is 2. The number of carbonyl (C=O) groups is 2. The van der Waals surface area contributed by atoms with E-state index in [4.69, 9.17) is 13.9 Å². The van der Waals surface area contributed by atoms with Crippen LogP contribution in [-0.4, -0.2) is 38.8 Å².